The number of Topliss-reactive ketones (excluding diaryl/α,β-unsaturated/α-hetero) is 1. The molecule has 0 unspecified atom stereocenters. The van der Waals surface area contributed by atoms with Crippen LogP contribution < -0.4 is 14.4 Å². The van der Waals surface area contributed by atoms with E-state index in [4.69, 9.17) is 9.47 Å². The Kier molecular flexibility index (Phi) is 7.15. The van der Waals surface area contributed by atoms with Gasteiger partial charge in [-0.3, -0.25) is 9.69 Å². The molecule has 1 fully saturated rings. The number of piperidine rings is 1. The molecule has 0 radical (unpaired) electrons. The van der Waals surface area contributed by atoms with E-state index in [9.17, 15) is 4.79 Å². The molecule has 5 heteroatoms. The van der Waals surface area contributed by atoms with Crippen LogP contribution in [0.4, 0.5) is 5.69 Å². The second-order valence-corrected chi connectivity index (χ2v) is 8.69. The molecule has 5 nitrogen and oxygen atoms in total. The van der Waals surface area contributed by atoms with Crippen LogP contribution in [0.3, 0.4) is 0 Å². The molecular formula is C27H34N2O3. The average Bonchev–Trinajstić information content (AvgIpc) is 3.13. The van der Waals surface area contributed by atoms with Crippen LogP contribution in [0.1, 0.15) is 47.7 Å². The van der Waals surface area contributed by atoms with Gasteiger partial charge in [-0.2, -0.15) is 0 Å². The monoisotopic (exact) mass is 434 g/mol. The first-order valence-electron chi connectivity index (χ1n) is 11.7. The number of allylic oxidation sites excluding steroid dienone is 1. The fourth-order valence-corrected chi connectivity index (χ4v) is 4.48. The quantitative estimate of drug-likeness (QED) is 0.556. The molecule has 1 heterocycles. The molecule has 0 aromatic heterocycles. The number of rotatable bonds is 8. The van der Waals surface area contributed by atoms with Crippen molar-refractivity contribution in [2.75, 3.05) is 51.8 Å². The number of hydrogen-bond acceptors (Lipinski definition) is 5. The number of carbonyl (C=O) groups excluding carboxylic acids is 1. The van der Waals surface area contributed by atoms with E-state index in [2.05, 4.69) is 48.0 Å². The molecule has 0 amide bonds. The van der Waals surface area contributed by atoms with Crippen molar-refractivity contribution in [1.29, 1.82) is 0 Å². The molecule has 1 saturated heterocycles. The summed E-state index contributed by atoms with van der Waals surface area (Å²) < 4.78 is 11.6. The maximum absolute atomic E-state index is 13.1. The van der Waals surface area contributed by atoms with Crippen molar-refractivity contribution in [3.63, 3.8) is 0 Å². The predicted octanol–water partition coefficient (Wildman–Crippen LogP) is 4.84. The van der Waals surface area contributed by atoms with Crippen molar-refractivity contribution in [1.82, 2.24) is 4.90 Å². The number of carbonyl (C=O) groups is 1. The molecule has 1 aliphatic heterocycles. The summed E-state index contributed by atoms with van der Waals surface area (Å²) >= 11 is 0. The van der Waals surface area contributed by atoms with Gasteiger partial charge in [0.2, 0.25) is 0 Å². The van der Waals surface area contributed by atoms with Gasteiger partial charge in [0, 0.05) is 43.4 Å². The molecule has 2 aliphatic rings. The summed E-state index contributed by atoms with van der Waals surface area (Å²) in [5.74, 6) is 1.44. The summed E-state index contributed by atoms with van der Waals surface area (Å²) in [5.41, 5.74) is 4.76. The van der Waals surface area contributed by atoms with Crippen LogP contribution in [-0.2, 0) is 6.42 Å². The highest BCUT2D eigenvalue weighted by Gasteiger charge is 2.27. The van der Waals surface area contributed by atoms with E-state index in [-0.39, 0.29) is 5.78 Å². The summed E-state index contributed by atoms with van der Waals surface area (Å²) in [5, 5.41) is 0. The second-order valence-electron chi connectivity index (χ2n) is 8.69. The predicted molar refractivity (Wildman–Crippen MR) is 130 cm³/mol. The highest BCUT2D eigenvalue weighted by atomic mass is 16.5. The van der Waals surface area contributed by atoms with Crippen molar-refractivity contribution < 1.29 is 14.3 Å². The van der Waals surface area contributed by atoms with Crippen molar-refractivity contribution in [2.45, 2.75) is 32.6 Å². The van der Waals surface area contributed by atoms with Gasteiger partial charge in [-0.25, -0.2) is 0 Å². The molecule has 0 N–H and O–H groups in total. The number of hydrogen-bond donors (Lipinski definition) is 0. The zero-order valence-corrected chi connectivity index (χ0v) is 19.5. The van der Waals surface area contributed by atoms with E-state index in [1.807, 2.05) is 18.2 Å². The van der Waals surface area contributed by atoms with Gasteiger partial charge in [0.15, 0.2) is 17.3 Å². The lowest BCUT2D eigenvalue weighted by atomic mass is 10.1. The topological polar surface area (TPSA) is 42.0 Å². The van der Waals surface area contributed by atoms with Crippen molar-refractivity contribution in [3.05, 3.63) is 58.7 Å². The first kappa shape index (κ1) is 22.4. The zero-order valence-electron chi connectivity index (χ0n) is 19.5. The standard InChI is InChI=1S/C27H34N2O3/c1-4-28(2)23-10-8-20(9-11-23)16-22-17-21-18-25(31-3)26(19-24(21)27(22)30)32-15-14-29-12-6-5-7-13-29/h8-11,16,18-19H,4-7,12-15,17H2,1-3H3/b22-16+. The summed E-state index contributed by atoms with van der Waals surface area (Å²) in [6, 6.07) is 12.2. The SMILES string of the molecule is CCN(C)c1ccc(/C=C2\Cc3cc(OC)c(OCCN4CCCCC4)cc3C2=O)cc1. The molecule has 0 bridgehead atoms. The van der Waals surface area contributed by atoms with Gasteiger partial charge in [0.1, 0.15) is 6.61 Å². The number of anilines is 1. The lowest BCUT2D eigenvalue weighted by Gasteiger charge is -2.26. The summed E-state index contributed by atoms with van der Waals surface area (Å²) in [7, 11) is 3.73. The second kappa shape index (κ2) is 10.2. The number of ketones is 1. The van der Waals surface area contributed by atoms with Crippen LogP contribution in [0.2, 0.25) is 0 Å². The van der Waals surface area contributed by atoms with Crippen LogP contribution in [-0.4, -0.2) is 57.6 Å². The zero-order chi connectivity index (χ0) is 22.5. The van der Waals surface area contributed by atoms with E-state index in [1.54, 1.807) is 7.11 Å². The Morgan fingerprint density at radius 1 is 1.06 bits per heavy atom. The molecule has 170 valence electrons. The van der Waals surface area contributed by atoms with Gasteiger partial charge in [0.05, 0.1) is 7.11 Å². The molecule has 4 rings (SSSR count). The molecule has 1 aliphatic carbocycles. The molecule has 0 saturated carbocycles. The van der Waals surface area contributed by atoms with E-state index in [0.29, 0.717) is 24.5 Å². The fraction of sp³-hybridized carbons (Fsp3) is 0.444. The maximum Gasteiger partial charge on any atom is 0.189 e. The van der Waals surface area contributed by atoms with Crippen LogP contribution >= 0.6 is 0 Å². The summed E-state index contributed by atoms with van der Waals surface area (Å²) in [6.45, 7) is 6.88. The number of methoxy groups -OCH3 is 1. The third kappa shape index (κ3) is 4.99. The smallest absolute Gasteiger partial charge is 0.189 e. The van der Waals surface area contributed by atoms with Crippen LogP contribution in [0, 0.1) is 0 Å². The minimum atomic E-state index is 0.0817. The Hall–Kier alpha value is -2.79. The van der Waals surface area contributed by atoms with E-state index >= 15 is 0 Å². The van der Waals surface area contributed by atoms with Crippen molar-refractivity contribution >= 4 is 17.5 Å². The van der Waals surface area contributed by atoms with Gasteiger partial charge in [-0.1, -0.05) is 18.6 Å². The molecule has 0 spiro atoms. The number of nitrogens with zero attached hydrogens (tertiary/aromatic N) is 2. The lowest BCUT2D eigenvalue weighted by Crippen LogP contribution is -2.33. The fourth-order valence-electron chi connectivity index (χ4n) is 4.48. The van der Waals surface area contributed by atoms with E-state index < -0.39 is 0 Å². The molecular weight excluding hydrogens is 400 g/mol. The molecule has 32 heavy (non-hydrogen) atoms. The Labute approximate surface area is 191 Å². The Morgan fingerprint density at radius 3 is 2.50 bits per heavy atom. The third-order valence-corrected chi connectivity index (χ3v) is 6.57. The van der Waals surface area contributed by atoms with Gasteiger partial charge < -0.3 is 14.4 Å². The first-order chi connectivity index (χ1) is 15.6. The van der Waals surface area contributed by atoms with Gasteiger partial charge in [-0.15, -0.1) is 0 Å². The Bertz CT molecular complexity index is 975. The average molecular weight is 435 g/mol. The van der Waals surface area contributed by atoms with Crippen molar-refractivity contribution in [3.8, 4) is 11.5 Å². The van der Waals surface area contributed by atoms with Crippen LogP contribution in [0.25, 0.3) is 6.08 Å². The highest BCUT2D eigenvalue weighted by molar-refractivity contribution is 6.15. The highest BCUT2D eigenvalue weighted by Crippen LogP contribution is 2.37. The normalized spacial score (nSPS) is 17.5. The Balaban J connectivity index is 1.47. The third-order valence-electron chi connectivity index (χ3n) is 6.57. The van der Waals surface area contributed by atoms with E-state index in [1.165, 1.54) is 24.9 Å². The summed E-state index contributed by atoms with van der Waals surface area (Å²) in [6.07, 6.45) is 6.48. The number of fused-ring (bicyclic) bond motifs is 1. The number of benzene rings is 2. The van der Waals surface area contributed by atoms with Crippen LogP contribution in [0.15, 0.2) is 42.0 Å². The minimum absolute atomic E-state index is 0.0817. The van der Waals surface area contributed by atoms with Gasteiger partial charge >= 0.3 is 0 Å². The summed E-state index contributed by atoms with van der Waals surface area (Å²) in [4.78, 5) is 17.7. The minimum Gasteiger partial charge on any atom is -0.493 e. The van der Waals surface area contributed by atoms with E-state index in [0.717, 1.165) is 48.4 Å². The molecule has 2 aromatic carbocycles. The Morgan fingerprint density at radius 2 is 1.81 bits per heavy atom. The number of ether oxygens (including phenoxy) is 2. The van der Waals surface area contributed by atoms with Gasteiger partial charge in [-0.05, 0) is 74.3 Å². The maximum atomic E-state index is 13.1. The first-order valence-corrected chi connectivity index (χ1v) is 11.7. The lowest BCUT2D eigenvalue weighted by molar-refractivity contribution is 0.104. The molecule has 2 aromatic rings. The molecule has 0 atom stereocenters. The van der Waals surface area contributed by atoms with Crippen LogP contribution in [0.5, 0.6) is 11.5 Å². The van der Waals surface area contributed by atoms with Crippen molar-refractivity contribution in [2.24, 2.45) is 0 Å². The largest absolute Gasteiger partial charge is 0.493 e. The number of likely N-dealkylation sites (tertiary alicyclic amines) is 1. The van der Waals surface area contributed by atoms with Gasteiger partial charge in [0.25, 0.3) is 0 Å².